The number of amides is 1. The second-order valence-corrected chi connectivity index (χ2v) is 4.64. The van der Waals surface area contributed by atoms with Crippen LogP contribution < -0.4 is 5.32 Å². The maximum Gasteiger partial charge on any atom is 0.258 e. The molecule has 3 aromatic rings. The highest BCUT2D eigenvalue weighted by molar-refractivity contribution is 6.04. The molecule has 0 atom stereocenters. The average Bonchev–Trinajstić information content (AvgIpc) is 2.94. The van der Waals surface area contributed by atoms with Gasteiger partial charge >= 0.3 is 0 Å². The number of rotatable bonds is 3. The van der Waals surface area contributed by atoms with Gasteiger partial charge in [-0.2, -0.15) is 0 Å². The van der Waals surface area contributed by atoms with Gasteiger partial charge in [0.2, 0.25) is 11.8 Å². The third kappa shape index (κ3) is 2.85. The Kier molecular flexibility index (Phi) is 3.65. The van der Waals surface area contributed by atoms with Gasteiger partial charge in [0.05, 0.1) is 5.56 Å². The summed E-state index contributed by atoms with van der Waals surface area (Å²) in [6.45, 7) is 1.69. The average molecular weight is 297 g/mol. The van der Waals surface area contributed by atoms with Crippen molar-refractivity contribution in [3.8, 4) is 11.5 Å². The summed E-state index contributed by atoms with van der Waals surface area (Å²) >= 11 is 0. The Bertz CT molecular complexity index is 830. The number of aromatic nitrogens is 2. The van der Waals surface area contributed by atoms with Gasteiger partial charge in [-0.3, -0.25) is 4.79 Å². The van der Waals surface area contributed by atoms with Crippen molar-refractivity contribution in [1.82, 2.24) is 10.2 Å². The van der Waals surface area contributed by atoms with Gasteiger partial charge in [-0.15, -0.1) is 10.2 Å². The van der Waals surface area contributed by atoms with Crippen LogP contribution in [0.2, 0.25) is 0 Å². The summed E-state index contributed by atoms with van der Waals surface area (Å²) in [5.41, 5.74) is 1.18. The van der Waals surface area contributed by atoms with E-state index in [1.807, 2.05) is 0 Å². The molecular weight excluding hydrogens is 285 g/mol. The third-order valence-electron chi connectivity index (χ3n) is 3.01. The molecule has 0 unspecified atom stereocenters. The molecule has 6 heteroatoms. The van der Waals surface area contributed by atoms with Gasteiger partial charge in [-0.05, 0) is 30.3 Å². The topological polar surface area (TPSA) is 68.0 Å². The highest BCUT2D eigenvalue weighted by Crippen LogP contribution is 2.22. The van der Waals surface area contributed by atoms with Crippen LogP contribution in [-0.2, 0) is 0 Å². The summed E-state index contributed by atoms with van der Waals surface area (Å²) in [6, 6.07) is 12.7. The van der Waals surface area contributed by atoms with E-state index < -0.39 is 11.7 Å². The fourth-order valence-corrected chi connectivity index (χ4v) is 1.99. The van der Waals surface area contributed by atoms with Crippen LogP contribution in [0.25, 0.3) is 11.5 Å². The van der Waals surface area contributed by atoms with E-state index >= 15 is 0 Å². The molecule has 0 fully saturated rings. The van der Waals surface area contributed by atoms with Crippen molar-refractivity contribution in [3.05, 3.63) is 65.8 Å². The fraction of sp³-hybridized carbons (Fsp3) is 0.0625. The van der Waals surface area contributed by atoms with E-state index in [9.17, 15) is 9.18 Å². The lowest BCUT2D eigenvalue weighted by Crippen LogP contribution is -2.13. The molecule has 0 aliphatic carbocycles. The largest absolute Gasteiger partial charge is 0.421 e. The van der Waals surface area contributed by atoms with Gasteiger partial charge in [-0.1, -0.05) is 18.2 Å². The zero-order chi connectivity index (χ0) is 15.5. The van der Waals surface area contributed by atoms with Crippen molar-refractivity contribution in [2.75, 3.05) is 5.32 Å². The van der Waals surface area contributed by atoms with Crippen LogP contribution in [0.4, 0.5) is 10.1 Å². The summed E-state index contributed by atoms with van der Waals surface area (Å²) in [5, 5.41) is 10.3. The molecule has 0 bridgehead atoms. The summed E-state index contributed by atoms with van der Waals surface area (Å²) in [4.78, 5) is 12.1. The second-order valence-electron chi connectivity index (χ2n) is 4.64. The summed E-state index contributed by atoms with van der Waals surface area (Å²) < 4.78 is 18.9. The Morgan fingerprint density at radius 3 is 2.68 bits per heavy atom. The Hall–Kier alpha value is -3.02. The van der Waals surface area contributed by atoms with E-state index in [2.05, 4.69) is 15.5 Å². The number of nitrogens with zero attached hydrogens (tertiary/aromatic N) is 2. The molecule has 0 aliphatic heterocycles. The maximum atomic E-state index is 13.6. The zero-order valence-corrected chi connectivity index (χ0v) is 11.7. The minimum absolute atomic E-state index is 0.0125. The number of carbonyl (C=O) groups excluding carboxylic acids is 1. The molecule has 0 aliphatic rings. The predicted molar refractivity (Wildman–Crippen MR) is 78.8 cm³/mol. The van der Waals surface area contributed by atoms with Crippen LogP contribution in [-0.4, -0.2) is 16.1 Å². The van der Waals surface area contributed by atoms with Gasteiger partial charge in [0.15, 0.2) is 0 Å². The van der Waals surface area contributed by atoms with Crippen molar-refractivity contribution >= 4 is 11.6 Å². The molecule has 0 saturated heterocycles. The molecule has 1 aromatic heterocycles. The molecule has 5 nitrogen and oxygen atoms in total. The van der Waals surface area contributed by atoms with Crippen LogP contribution in [0, 0.1) is 12.7 Å². The van der Waals surface area contributed by atoms with E-state index in [-0.39, 0.29) is 5.56 Å². The quantitative estimate of drug-likeness (QED) is 0.804. The van der Waals surface area contributed by atoms with Crippen molar-refractivity contribution < 1.29 is 13.6 Å². The first-order chi connectivity index (χ1) is 10.6. The normalized spacial score (nSPS) is 10.5. The lowest BCUT2D eigenvalue weighted by Gasteiger charge is -2.06. The van der Waals surface area contributed by atoms with Crippen molar-refractivity contribution in [3.63, 3.8) is 0 Å². The summed E-state index contributed by atoms with van der Waals surface area (Å²) in [7, 11) is 0. The SMILES string of the molecule is Cc1nnc(-c2cccc(NC(=O)c3ccccc3F)c2)o1. The number of carbonyl (C=O) groups is 1. The zero-order valence-electron chi connectivity index (χ0n) is 11.7. The number of hydrogen-bond donors (Lipinski definition) is 1. The van der Waals surface area contributed by atoms with E-state index in [0.29, 0.717) is 23.0 Å². The number of nitrogens with one attached hydrogen (secondary N) is 1. The number of hydrogen-bond acceptors (Lipinski definition) is 4. The highest BCUT2D eigenvalue weighted by atomic mass is 19.1. The summed E-state index contributed by atoms with van der Waals surface area (Å²) in [5.74, 6) is -0.268. The van der Waals surface area contributed by atoms with Crippen LogP contribution in [0.15, 0.2) is 52.9 Å². The minimum atomic E-state index is -0.566. The van der Waals surface area contributed by atoms with E-state index in [4.69, 9.17) is 4.42 Å². The van der Waals surface area contributed by atoms with Gasteiger partial charge < -0.3 is 9.73 Å². The number of anilines is 1. The van der Waals surface area contributed by atoms with Crippen LogP contribution >= 0.6 is 0 Å². The Morgan fingerprint density at radius 2 is 1.95 bits per heavy atom. The first-order valence-electron chi connectivity index (χ1n) is 6.60. The fourth-order valence-electron chi connectivity index (χ4n) is 1.99. The van der Waals surface area contributed by atoms with Crippen LogP contribution in [0.5, 0.6) is 0 Å². The molecule has 0 saturated carbocycles. The monoisotopic (exact) mass is 297 g/mol. The van der Waals surface area contributed by atoms with E-state index in [0.717, 1.165) is 0 Å². The highest BCUT2D eigenvalue weighted by Gasteiger charge is 2.12. The lowest BCUT2D eigenvalue weighted by atomic mass is 10.1. The Morgan fingerprint density at radius 1 is 1.14 bits per heavy atom. The summed E-state index contributed by atoms with van der Waals surface area (Å²) in [6.07, 6.45) is 0. The van der Waals surface area contributed by atoms with Crippen LogP contribution in [0.3, 0.4) is 0 Å². The lowest BCUT2D eigenvalue weighted by molar-refractivity contribution is 0.102. The molecule has 110 valence electrons. The Labute approximate surface area is 125 Å². The molecule has 3 rings (SSSR count). The first kappa shape index (κ1) is 13.9. The first-order valence-corrected chi connectivity index (χ1v) is 6.60. The second kappa shape index (κ2) is 5.77. The standard InChI is InChI=1S/C16H12FN3O2/c1-10-19-20-16(22-10)11-5-4-6-12(9-11)18-15(21)13-7-2-3-8-14(13)17/h2-9H,1H3,(H,18,21). The van der Waals surface area contributed by atoms with E-state index in [1.54, 1.807) is 37.3 Å². The van der Waals surface area contributed by atoms with E-state index in [1.165, 1.54) is 18.2 Å². The molecule has 1 heterocycles. The minimum Gasteiger partial charge on any atom is -0.421 e. The van der Waals surface area contributed by atoms with Gasteiger partial charge in [-0.25, -0.2) is 4.39 Å². The number of halogens is 1. The molecule has 0 spiro atoms. The maximum absolute atomic E-state index is 13.6. The van der Waals surface area contributed by atoms with Gasteiger partial charge in [0, 0.05) is 18.2 Å². The molecular formula is C16H12FN3O2. The number of benzene rings is 2. The molecule has 1 amide bonds. The van der Waals surface area contributed by atoms with Gasteiger partial charge in [0.1, 0.15) is 5.82 Å². The van der Waals surface area contributed by atoms with Crippen molar-refractivity contribution in [2.45, 2.75) is 6.92 Å². The molecule has 1 N–H and O–H groups in total. The molecule has 22 heavy (non-hydrogen) atoms. The smallest absolute Gasteiger partial charge is 0.258 e. The van der Waals surface area contributed by atoms with Crippen molar-refractivity contribution in [1.29, 1.82) is 0 Å². The predicted octanol–water partition coefficient (Wildman–Crippen LogP) is 3.44. The Balaban J connectivity index is 1.84. The number of aryl methyl sites for hydroxylation is 1. The van der Waals surface area contributed by atoms with Crippen molar-refractivity contribution in [2.24, 2.45) is 0 Å². The molecule has 0 radical (unpaired) electrons. The van der Waals surface area contributed by atoms with Crippen LogP contribution in [0.1, 0.15) is 16.2 Å². The third-order valence-corrected chi connectivity index (χ3v) is 3.01. The molecule has 2 aromatic carbocycles. The van der Waals surface area contributed by atoms with Gasteiger partial charge in [0.25, 0.3) is 5.91 Å².